The summed E-state index contributed by atoms with van der Waals surface area (Å²) in [5, 5.41) is 2.52. The van der Waals surface area contributed by atoms with Crippen molar-refractivity contribution >= 4 is 11.8 Å². The second kappa shape index (κ2) is 3.77. The Hall–Kier alpha value is -1.58. The van der Waals surface area contributed by atoms with Crippen molar-refractivity contribution in [3.63, 3.8) is 0 Å². The third kappa shape index (κ3) is 1.45. The monoisotopic (exact) mass is 223 g/mol. The smallest absolute Gasteiger partial charge is 0.412 e. The van der Waals surface area contributed by atoms with Crippen molar-refractivity contribution in [1.29, 1.82) is 0 Å². The normalized spacial score (nSPS) is 17.3. The predicted molar refractivity (Wildman–Crippen MR) is 58.8 cm³/mol. The molecule has 0 aromatic heterocycles. The second-order valence-electron chi connectivity index (χ2n) is 3.88. The van der Waals surface area contributed by atoms with Gasteiger partial charge in [0, 0.05) is 0 Å². The van der Waals surface area contributed by atoms with Crippen molar-refractivity contribution in [3.8, 4) is 0 Å². The number of ether oxygens (including phenoxy) is 1. The van der Waals surface area contributed by atoms with Gasteiger partial charge >= 0.3 is 6.09 Å². The Labute approximate surface area is 93.6 Å². The molecule has 1 aliphatic heterocycles. The molecule has 1 heterocycles. The van der Waals surface area contributed by atoms with Gasteiger partial charge in [-0.3, -0.25) is 5.32 Å². The van der Waals surface area contributed by atoms with Gasteiger partial charge in [-0.1, -0.05) is 19.9 Å². The molecule has 1 aromatic rings. The molecule has 0 bridgehead atoms. The molecule has 0 unspecified atom stereocenters. The van der Waals surface area contributed by atoms with Gasteiger partial charge in [0.1, 0.15) is 11.4 Å². The fraction of sp³-hybridized carbons (Fsp3) is 0.417. The number of carbonyl (C=O) groups excluding carboxylic acids is 1. The maximum Gasteiger partial charge on any atom is 0.412 e. The SMILES string of the molecule is CCC1(CC)OC(=O)Nc2cccc(F)c21. The van der Waals surface area contributed by atoms with E-state index in [2.05, 4.69) is 5.32 Å². The lowest BCUT2D eigenvalue weighted by atomic mass is 9.85. The van der Waals surface area contributed by atoms with Crippen molar-refractivity contribution in [2.24, 2.45) is 0 Å². The lowest BCUT2D eigenvalue weighted by molar-refractivity contribution is 0.00196. The molecule has 16 heavy (non-hydrogen) atoms. The number of halogens is 1. The number of rotatable bonds is 2. The summed E-state index contributed by atoms with van der Waals surface area (Å²) >= 11 is 0. The molecule has 1 amide bonds. The number of benzene rings is 1. The van der Waals surface area contributed by atoms with E-state index < -0.39 is 11.7 Å². The van der Waals surface area contributed by atoms with Crippen LogP contribution in [0.3, 0.4) is 0 Å². The summed E-state index contributed by atoms with van der Waals surface area (Å²) < 4.78 is 19.1. The van der Waals surface area contributed by atoms with Crippen LogP contribution in [-0.4, -0.2) is 6.09 Å². The third-order valence-electron chi connectivity index (χ3n) is 3.14. The zero-order chi connectivity index (χ0) is 11.8. The minimum Gasteiger partial charge on any atom is -0.438 e. The highest BCUT2D eigenvalue weighted by atomic mass is 19.1. The Bertz CT molecular complexity index is 427. The minimum atomic E-state index is -0.830. The zero-order valence-corrected chi connectivity index (χ0v) is 9.34. The lowest BCUT2D eigenvalue weighted by Gasteiger charge is -2.37. The topological polar surface area (TPSA) is 38.3 Å². The molecule has 0 aliphatic carbocycles. The minimum absolute atomic E-state index is 0.332. The van der Waals surface area contributed by atoms with Crippen LogP contribution >= 0.6 is 0 Å². The summed E-state index contributed by atoms with van der Waals surface area (Å²) in [6, 6.07) is 4.66. The van der Waals surface area contributed by atoms with Crippen LogP contribution in [0.15, 0.2) is 18.2 Å². The molecule has 1 aliphatic rings. The van der Waals surface area contributed by atoms with Crippen LogP contribution in [-0.2, 0) is 10.3 Å². The standard InChI is InChI=1S/C12H14FNO2/c1-3-12(4-2)10-8(13)6-5-7-9(10)14-11(15)16-12/h5-7H,3-4H2,1-2H3,(H,14,15). The lowest BCUT2D eigenvalue weighted by Crippen LogP contribution is -2.39. The number of cyclic esters (lactones) is 1. The van der Waals surface area contributed by atoms with Gasteiger partial charge in [-0.15, -0.1) is 0 Å². The average molecular weight is 223 g/mol. The zero-order valence-electron chi connectivity index (χ0n) is 9.34. The molecule has 0 saturated heterocycles. The van der Waals surface area contributed by atoms with E-state index in [4.69, 9.17) is 4.74 Å². The maximum atomic E-state index is 13.8. The highest BCUT2D eigenvalue weighted by molar-refractivity contribution is 5.88. The molecule has 0 fully saturated rings. The molecule has 0 radical (unpaired) electrons. The number of amides is 1. The summed E-state index contributed by atoms with van der Waals surface area (Å²) in [4.78, 5) is 11.4. The molecule has 1 aromatic carbocycles. The molecule has 1 N–H and O–H groups in total. The van der Waals surface area contributed by atoms with Crippen LogP contribution in [0, 0.1) is 5.82 Å². The number of hydrogen-bond donors (Lipinski definition) is 1. The van der Waals surface area contributed by atoms with Crippen LogP contribution in [0.25, 0.3) is 0 Å². The van der Waals surface area contributed by atoms with E-state index in [1.807, 2.05) is 13.8 Å². The Balaban J connectivity index is 2.64. The Morgan fingerprint density at radius 3 is 2.69 bits per heavy atom. The number of fused-ring (bicyclic) bond motifs is 1. The van der Waals surface area contributed by atoms with Gasteiger partial charge in [0.15, 0.2) is 0 Å². The van der Waals surface area contributed by atoms with Crippen molar-refractivity contribution in [3.05, 3.63) is 29.6 Å². The Morgan fingerprint density at radius 2 is 2.06 bits per heavy atom. The van der Waals surface area contributed by atoms with Gasteiger partial charge in [0.2, 0.25) is 0 Å². The quantitative estimate of drug-likeness (QED) is 0.834. The number of carbonyl (C=O) groups is 1. The van der Waals surface area contributed by atoms with Crippen molar-refractivity contribution < 1.29 is 13.9 Å². The van der Waals surface area contributed by atoms with E-state index >= 15 is 0 Å². The summed E-state index contributed by atoms with van der Waals surface area (Å²) in [6.45, 7) is 3.77. The summed E-state index contributed by atoms with van der Waals surface area (Å²) in [6.07, 6.45) is 0.609. The highest BCUT2D eigenvalue weighted by Gasteiger charge is 2.41. The highest BCUT2D eigenvalue weighted by Crippen LogP contribution is 2.42. The molecule has 0 saturated carbocycles. The van der Waals surface area contributed by atoms with Crippen LogP contribution in [0.1, 0.15) is 32.3 Å². The van der Waals surface area contributed by atoms with Crippen LogP contribution in [0.4, 0.5) is 14.9 Å². The largest absolute Gasteiger partial charge is 0.438 e. The molecule has 0 atom stereocenters. The molecular formula is C12H14FNO2. The molecule has 0 spiro atoms. The van der Waals surface area contributed by atoms with Gasteiger partial charge in [-0.25, -0.2) is 9.18 Å². The van der Waals surface area contributed by atoms with Gasteiger partial charge in [0.05, 0.1) is 11.3 Å². The van der Waals surface area contributed by atoms with E-state index in [1.54, 1.807) is 12.1 Å². The Kier molecular flexibility index (Phi) is 2.58. The van der Waals surface area contributed by atoms with E-state index in [0.29, 0.717) is 24.1 Å². The summed E-state index contributed by atoms with van der Waals surface area (Å²) in [5.41, 5.74) is 0.141. The first-order valence-electron chi connectivity index (χ1n) is 5.42. The van der Waals surface area contributed by atoms with Crippen LogP contribution < -0.4 is 5.32 Å². The van der Waals surface area contributed by atoms with Crippen LogP contribution in [0.5, 0.6) is 0 Å². The fourth-order valence-electron chi connectivity index (χ4n) is 2.20. The first kappa shape index (κ1) is 10.9. The summed E-state index contributed by atoms with van der Waals surface area (Å²) in [7, 11) is 0. The van der Waals surface area contributed by atoms with E-state index in [-0.39, 0.29) is 5.82 Å². The number of hydrogen-bond acceptors (Lipinski definition) is 2. The molecule has 3 nitrogen and oxygen atoms in total. The second-order valence-corrected chi connectivity index (χ2v) is 3.88. The number of nitrogens with one attached hydrogen (secondary N) is 1. The van der Waals surface area contributed by atoms with E-state index in [1.165, 1.54) is 6.07 Å². The maximum absolute atomic E-state index is 13.8. The van der Waals surface area contributed by atoms with Crippen molar-refractivity contribution in [2.75, 3.05) is 5.32 Å². The first-order valence-corrected chi connectivity index (χ1v) is 5.42. The van der Waals surface area contributed by atoms with Gasteiger partial charge in [-0.2, -0.15) is 0 Å². The molecule has 86 valence electrons. The Morgan fingerprint density at radius 1 is 1.38 bits per heavy atom. The molecule has 2 rings (SSSR count). The molecule has 4 heteroatoms. The van der Waals surface area contributed by atoms with Crippen LogP contribution in [0.2, 0.25) is 0 Å². The van der Waals surface area contributed by atoms with E-state index in [9.17, 15) is 9.18 Å². The first-order chi connectivity index (χ1) is 7.63. The fourth-order valence-corrected chi connectivity index (χ4v) is 2.20. The van der Waals surface area contributed by atoms with Gasteiger partial charge < -0.3 is 4.74 Å². The third-order valence-corrected chi connectivity index (χ3v) is 3.14. The van der Waals surface area contributed by atoms with Crippen molar-refractivity contribution in [2.45, 2.75) is 32.3 Å². The van der Waals surface area contributed by atoms with Gasteiger partial charge in [-0.05, 0) is 25.0 Å². The molecular weight excluding hydrogens is 209 g/mol. The summed E-state index contributed by atoms with van der Waals surface area (Å²) in [5.74, 6) is -0.332. The van der Waals surface area contributed by atoms with Gasteiger partial charge in [0.25, 0.3) is 0 Å². The average Bonchev–Trinajstić information content (AvgIpc) is 2.27. The number of anilines is 1. The van der Waals surface area contributed by atoms with E-state index in [0.717, 1.165) is 0 Å². The predicted octanol–water partition coefficient (Wildman–Crippen LogP) is 3.40. The van der Waals surface area contributed by atoms with Crippen molar-refractivity contribution in [1.82, 2.24) is 0 Å².